The number of para-hydroxylation sites is 1. The summed E-state index contributed by atoms with van der Waals surface area (Å²) in [6.45, 7) is 1.87. The minimum atomic E-state index is -3.53. The first-order chi connectivity index (χ1) is 9.03. The summed E-state index contributed by atoms with van der Waals surface area (Å²) in [6, 6.07) is 14.1. The highest BCUT2D eigenvalue weighted by atomic mass is 79.9. The molecule has 0 bridgehead atoms. The molecular weight excluding hydrogens is 326 g/mol. The first-order valence-electron chi connectivity index (χ1n) is 5.76. The summed E-state index contributed by atoms with van der Waals surface area (Å²) in [7, 11) is -3.53. The molecule has 3 nitrogen and oxygen atoms in total. The molecule has 2 aromatic carbocycles. The van der Waals surface area contributed by atoms with Gasteiger partial charge in [0.25, 0.3) is 10.0 Å². The van der Waals surface area contributed by atoms with E-state index in [1.807, 2.05) is 19.1 Å². The molecule has 0 saturated carbocycles. The lowest BCUT2D eigenvalue weighted by molar-refractivity contribution is 0.601. The Kier molecular flexibility index (Phi) is 4.27. The maximum atomic E-state index is 12.2. The monoisotopic (exact) mass is 339 g/mol. The molecule has 0 aliphatic carbocycles. The molecule has 0 fully saturated rings. The molecule has 0 saturated heterocycles. The van der Waals surface area contributed by atoms with Gasteiger partial charge in [0, 0.05) is 5.33 Å². The molecule has 0 unspecified atom stereocenters. The maximum Gasteiger partial charge on any atom is 0.261 e. The summed E-state index contributed by atoms with van der Waals surface area (Å²) in [4.78, 5) is 0.264. The number of nitrogens with one attached hydrogen (secondary N) is 1. The number of sulfonamides is 1. The number of hydrogen-bond donors (Lipinski definition) is 1. The van der Waals surface area contributed by atoms with Crippen LogP contribution in [0.4, 0.5) is 5.69 Å². The van der Waals surface area contributed by atoms with Crippen molar-refractivity contribution < 1.29 is 8.42 Å². The zero-order valence-electron chi connectivity index (χ0n) is 10.4. The van der Waals surface area contributed by atoms with Crippen molar-refractivity contribution in [3.63, 3.8) is 0 Å². The smallest absolute Gasteiger partial charge is 0.261 e. The quantitative estimate of drug-likeness (QED) is 0.863. The molecule has 2 aromatic rings. The summed E-state index contributed by atoms with van der Waals surface area (Å²) in [5.74, 6) is 0. The van der Waals surface area contributed by atoms with Gasteiger partial charge in [-0.3, -0.25) is 4.72 Å². The first kappa shape index (κ1) is 14.1. The molecule has 0 heterocycles. The summed E-state index contributed by atoms with van der Waals surface area (Å²) in [6.07, 6.45) is 0. The third-order valence-corrected chi connectivity index (χ3v) is 4.81. The predicted octanol–water partition coefficient (Wildman–Crippen LogP) is 3.69. The van der Waals surface area contributed by atoms with Crippen LogP contribution in [0.3, 0.4) is 0 Å². The first-order valence-corrected chi connectivity index (χ1v) is 8.37. The number of anilines is 1. The van der Waals surface area contributed by atoms with Crippen LogP contribution in [0, 0.1) is 6.92 Å². The summed E-state index contributed by atoms with van der Waals surface area (Å²) in [5, 5.41) is 0.707. The second-order valence-corrected chi connectivity index (χ2v) is 6.44. The number of benzene rings is 2. The van der Waals surface area contributed by atoms with Gasteiger partial charge in [-0.25, -0.2) is 8.42 Å². The molecular formula is C14H14BrNO2S. The van der Waals surface area contributed by atoms with E-state index < -0.39 is 10.0 Å². The second kappa shape index (κ2) is 5.75. The lowest BCUT2D eigenvalue weighted by atomic mass is 10.2. The van der Waals surface area contributed by atoms with E-state index in [1.165, 1.54) is 0 Å². The van der Waals surface area contributed by atoms with E-state index in [1.54, 1.807) is 36.4 Å². The molecule has 0 spiro atoms. The highest BCUT2D eigenvalue weighted by Crippen LogP contribution is 2.19. The van der Waals surface area contributed by atoms with E-state index in [2.05, 4.69) is 20.7 Å². The zero-order valence-corrected chi connectivity index (χ0v) is 12.8. The van der Waals surface area contributed by atoms with Crippen LogP contribution in [-0.4, -0.2) is 8.42 Å². The molecule has 100 valence electrons. The van der Waals surface area contributed by atoms with Gasteiger partial charge in [0.1, 0.15) is 0 Å². The van der Waals surface area contributed by atoms with E-state index >= 15 is 0 Å². The number of alkyl halides is 1. The normalized spacial score (nSPS) is 11.3. The number of rotatable bonds is 4. The molecule has 0 aliphatic rings. The summed E-state index contributed by atoms with van der Waals surface area (Å²) < 4.78 is 27.1. The second-order valence-electron chi connectivity index (χ2n) is 4.20. The summed E-state index contributed by atoms with van der Waals surface area (Å²) >= 11 is 3.33. The van der Waals surface area contributed by atoms with Crippen molar-refractivity contribution in [3.8, 4) is 0 Å². The van der Waals surface area contributed by atoms with Crippen molar-refractivity contribution in [2.75, 3.05) is 4.72 Å². The SMILES string of the molecule is Cc1ccccc1NS(=O)(=O)c1ccc(CBr)cc1. The molecule has 5 heteroatoms. The molecule has 0 aliphatic heterocycles. The third-order valence-electron chi connectivity index (χ3n) is 2.78. The van der Waals surface area contributed by atoms with Crippen LogP contribution >= 0.6 is 15.9 Å². The molecule has 19 heavy (non-hydrogen) atoms. The van der Waals surface area contributed by atoms with Crippen molar-refractivity contribution in [1.29, 1.82) is 0 Å². The van der Waals surface area contributed by atoms with Gasteiger partial charge in [-0.05, 0) is 36.2 Å². The van der Waals surface area contributed by atoms with Gasteiger partial charge in [-0.15, -0.1) is 0 Å². The van der Waals surface area contributed by atoms with Crippen molar-refractivity contribution in [2.24, 2.45) is 0 Å². The molecule has 2 rings (SSSR count). The van der Waals surface area contributed by atoms with Gasteiger partial charge in [0.2, 0.25) is 0 Å². The maximum absolute atomic E-state index is 12.2. The van der Waals surface area contributed by atoms with Crippen LogP contribution in [0.1, 0.15) is 11.1 Å². The fourth-order valence-electron chi connectivity index (χ4n) is 1.65. The average molecular weight is 340 g/mol. The average Bonchev–Trinajstić information content (AvgIpc) is 2.41. The van der Waals surface area contributed by atoms with Crippen LogP contribution in [0.25, 0.3) is 0 Å². The van der Waals surface area contributed by atoms with E-state index in [-0.39, 0.29) is 4.90 Å². The van der Waals surface area contributed by atoms with Crippen LogP contribution in [0.5, 0.6) is 0 Å². The van der Waals surface area contributed by atoms with Gasteiger partial charge in [0.15, 0.2) is 0 Å². The highest BCUT2D eigenvalue weighted by molar-refractivity contribution is 9.08. The number of halogens is 1. The fourth-order valence-corrected chi connectivity index (χ4v) is 3.15. The number of hydrogen-bond acceptors (Lipinski definition) is 2. The minimum absolute atomic E-state index is 0.264. The standard InChI is InChI=1S/C14H14BrNO2S/c1-11-4-2-3-5-14(11)16-19(17,18)13-8-6-12(10-15)7-9-13/h2-9,16H,10H2,1H3. The van der Waals surface area contributed by atoms with E-state index in [4.69, 9.17) is 0 Å². The van der Waals surface area contributed by atoms with Crippen LogP contribution in [0.2, 0.25) is 0 Å². The van der Waals surface area contributed by atoms with Crippen LogP contribution in [-0.2, 0) is 15.4 Å². The van der Waals surface area contributed by atoms with Crippen LogP contribution in [0.15, 0.2) is 53.4 Å². The molecule has 0 amide bonds. The third kappa shape index (κ3) is 3.36. The Morgan fingerprint density at radius 3 is 2.26 bits per heavy atom. The summed E-state index contributed by atoms with van der Waals surface area (Å²) in [5.41, 5.74) is 2.53. The Balaban J connectivity index is 2.30. The highest BCUT2D eigenvalue weighted by Gasteiger charge is 2.14. The van der Waals surface area contributed by atoms with E-state index in [0.29, 0.717) is 11.0 Å². The van der Waals surface area contributed by atoms with Crippen molar-refractivity contribution >= 4 is 31.6 Å². The zero-order chi connectivity index (χ0) is 13.9. The Hall–Kier alpha value is -1.33. The van der Waals surface area contributed by atoms with Gasteiger partial charge >= 0.3 is 0 Å². The van der Waals surface area contributed by atoms with Crippen molar-refractivity contribution in [1.82, 2.24) is 0 Å². The van der Waals surface area contributed by atoms with Gasteiger partial charge in [-0.2, -0.15) is 0 Å². The lowest BCUT2D eigenvalue weighted by Gasteiger charge is -2.10. The van der Waals surface area contributed by atoms with Crippen molar-refractivity contribution in [3.05, 3.63) is 59.7 Å². The lowest BCUT2D eigenvalue weighted by Crippen LogP contribution is -2.13. The molecule has 1 N–H and O–H groups in total. The van der Waals surface area contributed by atoms with E-state index in [9.17, 15) is 8.42 Å². The molecule has 0 atom stereocenters. The Morgan fingerprint density at radius 2 is 1.68 bits per heavy atom. The Morgan fingerprint density at radius 1 is 1.05 bits per heavy atom. The molecule has 0 aromatic heterocycles. The predicted molar refractivity (Wildman–Crippen MR) is 81.1 cm³/mol. The van der Waals surface area contributed by atoms with Gasteiger partial charge in [-0.1, -0.05) is 46.3 Å². The Labute approximate surface area is 121 Å². The minimum Gasteiger partial charge on any atom is -0.279 e. The topological polar surface area (TPSA) is 46.2 Å². The largest absolute Gasteiger partial charge is 0.279 e. The van der Waals surface area contributed by atoms with Crippen LogP contribution < -0.4 is 4.72 Å². The van der Waals surface area contributed by atoms with E-state index in [0.717, 1.165) is 11.1 Å². The fraction of sp³-hybridized carbons (Fsp3) is 0.143. The van der Waals surface area contributed by atoms with Gasteiger partial charge in [0.05, 0.1) is 10.6 Å². The molecule has 0 radical (unpaired) electrons. The van der Waals surface area contributed by atoms with Crippen molar-refractivity contribution in [2.45, 2.75) is 17.1 Å². The van der Waals surface area contributed by atoms with Gasteiger partial charge < -0.3 is 0 Å². The number of aryl methyl sites for hydroxylation is 1. The Bertz CT molecular complexity index is 666.